The monoisotopic (exact) mass is 396 g/mol. The van der Waals surface area contributed by atoms with Gasteiger partial charge in [0.25, 0.3) is 0 Å². The molecule has 0 bridgehead atoms. The summed E-state index contributed by atoms with van der Waals surface area (Å²) in [6.45, 7) is 2.15. The van der Waals surface area contributed by atoms with E-state index in [0.717, 1.165) is 28.7 Å². The first-order chi connectivity index (χ1) is 14.4. The van der Waals surface area contributed by atoms with Crippen LogP contribution in [-0.4, -0.2) is 15.3 Å². The highest BCUT2D eigenvalue weighted by molar-refractivity contribution is 5.51. The van der Waals surface area contributed by atoms with Gasteiger partial charge in [-0.05, 0) is 77.6 Å². The van der Waals surface area contributed by atoms with Gasteiger partial charge in [-0.3, -0.25) is 0 Å². The lowest BCUT2D eigenvalue weighted by Crippen LogP contribution is -2.25. The second-order valence-corrected chi connectivity index (χ2v) is 7.76. The van der Waals surface area contributed by atoms with E-state index >= 15 is 0 Å². The van der Waals surface area contributed by atoms with Crippen molar-refractivity contribution in [1.29, 1.82) is 0 Å². The fourth-order valence-corrected chi connectivity index (χ4v) is 3.89. The molecule has 0 aliphatic carbocycles. The van der Waals surface area contributed by atoms with Gasteiger partial charge in [0.05, 0.1) is 0 Å². The number of hydrogen-bond acceptors (Lipinski definition) is 3. The molecule has 0 heterocycles. The van der Waals surface area contributed by atoms with Crippen LogP contribution in [0.2, 0.25) is 0 Å². The Balaban J connectivity index is 1.72. The van der Waals surface area contributed by atoms with Crippen LogP contribution in [0, 0.1) is 0 Å². The van der Waals surface area contributed by atoms with Crippen LogP contribution in [0.15, 0.2) is 97.1 Å². The van der Waals surface area contributed by atoms with E-state index in [-0.39, 0.29) is 17.2 Å². The Kier molecular flexibility index (Phi) is 5.20. The number of rotatable bonds is 5. The zero-order valence-corrected chi connectivity index (χ0v) is 16.8. The lowest BCUT2D eigenvalue weighted by Gasteiger charge is -2.32. The lowest BCUT2D eigenvalue weighted by molar-refractivity contribution is 0.474. The predicted molar refractivity (Wildman–Crippen MR) is 119 cm³/mol. The van der Waals surface area contributed by atoms with E-state index in [1.165, 1.54) is 5.56 Å². The van der Waals surface area contributed by atoms with Crippen molar-refractivity contribution < 1.29 is 15.3 Å². The first-order valence-corrected chi connectivity index (χ1v) is 9.91. The van der Waals surface area contributed by atoms with E-state index in [0.29, 0.717) is 0 Å². The summed E-state index contributed by atoms with van der Waals surface area (Å²) in [5.41, 5.74) is 5.10. The molecule has 0 aliphatic rings. The third-order valence-corrected chi connectivity index (χ3v) is 5.77. The maximum absolute atomic E-state index is 9.74. The van der Waals surface area contributed by atoms with Crippen LogP contribution in [0.1, 0.15) is 34.7 Å². The van der Waals surface area contributed by atoms with Gasteiger partial charge in [0.15, 0.2) is 0 Å². The molecule has 0 spiro atoms. The molecule has 4 rings (SSSR count). The summed E-state index contributed by atoms with van der Waals surface area (Å²) >= 11 is 0. The highest BCUT2D eigenvalue weighted by atomic mass is 16.3. The van der Waals surface area contributed by atoms with E-state index in [1.807, 2.05) is 36.4 Å². The molecule has 0 aliphatic heterocycles. The Morgan fingerprint density at radius 3 is 1.10 bits per heavy atom. The molecule has 0 fully saturated rings. The average Bonchev–Trinajstić information content (AvgIpc) is 2.76. The molecular formula is C27H24O3. The van der Waals surface area contributed by atoms with Crippen LogP contribution in [0.25, 0.3) is 0 Å². The predicted octanol–water partition coefficient (Wildman–Crippen LogP) is 5.75. The van der Waals surface area contributed by atoms with E-state index in [2.05, 4.69) is 31.2 Å². The van der Waals surface area contributed by atoms with Gasteiger partial charge in [-0.2, -0.15) is 0 Å². The minimum atomic E-state index is -0.446. The Bertz CT molecular complexity index is 1070. The largest absolute Gasteiger partial charge is 0.508 e. The fourth-order valence-electron chi connectivity index (χ4n) is 3.89. The molecule has 30 heavy (non-hydrogen) atoms. The first kappa shape index (κ1) is 19.6. The van der Waals surface area contributed by atoms with Crippen molar-refractivity contribution in [3.63, 3.8) is 0 Å². The fraction of sp³-hybridized carbons (Fsp3) is 0.111. The summed E-state index contributed by atoms with van der Waals surface area (Å²) in [5.74, 6) is 0.736. The molecule has 0 unspecified atom stereocenters. The van der Waals surface area contributed by atoms with Crippen molar-refractivity contribution >= 4 is 0 Å². The second-order valence-electron chi connectivity index (χ2n) is 7.76. The van der Waals surface area contributed by atoms with Crippen LogP contribution in [-0.2, 0) is 11.8 Å². The van der Waals surface area contributed by atoms with E-state index in [1.54, 1.807) is 36.4 Å². The number of phenols is 3. The number of aromatic hydroxyl groups is 3. The summed E-state index contributed by atoms with van der Waals surface area (Å²) in [6, 6.07) is 30.3. The molecule has 0 saturated heterocycles. The number of benzene rings is 4. The lowest BCUT2D eigenvalue weighted by atomic mass is 9.71. The summed E-state index contributed by atoms with van der Waals surface area (Å²) in [7, 11) is 0. The van der Waals surface area contributed by atoms with Gasteiger partial charge in [0.2, 0.25) is 0 Å². The minimum Gasteiger partial charge on any atom is -0.508 e. The third kappa shape index (κ3) is 3.87. The maximum Gasteiger partial charge on any atom is 0.115 e. The Labute approximate surface area is 176 Å². The quantitative estimate of drug-likeness (QED) is 0.377. The summed E-state index contributed by atoms with van der Waals surface area (Å²) in [6.07, 6.45) is 0.787. The van der Waals surface area contributed by atoms with Gasteiger partial charge in [0.1, 0.15) is 17.2 Å². The van der Waals surface area contributed by atoms with Gasteiger partial charge < -0.3 is 15.3 Å². The van der Waals surface area contributed by atoms with Gasteiger partial charge in [0, 0.05) is 5.41 Å². The van der Waals surface area contributed by atoms with E-state index in [9.17, 15) is 15.3 Å². The topological polar surface area (TPSA) is 60.7 Å². The molecule has 3 heteroatoms. The van der Waals surface area contributed by atoms with Crippen LogP contribution in [0.5, 0.6) is 17.2 Å². The molecule has 3 N–H and O–H groups in total. The van der Waals surface area contributed by atoms with Crippen LogP contribution < -0.4 is 0 Å². The van der Waals surface area contributed by atoms with Gasteiger partial charge >= 0.3 is 0 Å². The molecular weight excluding hydrogens is 372 g/mol. The highest BCUT2D eigenvalue weighted by Gasteiger charge is 2.31. The molecule has 3 nitrogen and oxygen atoms in total. The summed E-state index contributed by atoms with van der Waals surface area (Å²) < 4.78 is 0. The zero-order valence-electron chi connectivity index (χ0n) is 16.8. The van der Waals surface area contributed by atoms with Crippen molar-refractivity contribution in [2.24, 2.45) is 0 Å². The first-order valence-electron chi connectivity index (χ1n) is 9.91. The molecule has 4 aromatic rings. The number of hydrogen-bond donors (Lipinski definition) is 3. The van der Waals surface area contributed by atoms with Gasteiger partial charge in [-0.25, -0.2) is 0 Å². The smallest absolute Gasteiger partial charge is 0.115 e. The standard InChI is InChI=1S/C27H24O3/c1-27(22-8-14-25(29)15-9-22,23-10-16-26(30)17-11-23)21-6-2-19(3-7-21)18-20-4-12-24(28)13-5-20/h2-17,28-30H,18H2,1H3. The van der Waals surface area contributed by atoms with Crippen LogP contribution in [0.4, 0.5) is 0 Å². The SMILES string of the molecule is CC(c1ccc(O)cc1)(c1ccc(O)cc1)c1ccc(Cc2ccc(O)cc2)cc1. The Hall–Kier alpha value is -3.72. The molecule has 150 valence electrons. The zero-order chi connectivity index (χ0) is 21.1. The average molecular weight is 396 g/mol. The van der Waals surface area contributed by atoms with Crippen LogP contribution in [0.3, 0.4) is 0 Å². The van der Waals surface area contributed by atoms with Crippen molar-refractivity contribution in [2.45, 2.75) is 18.8 Å². The van der Waals surface area contributed by atoms with Crippen LogP contribution >= 0.6 is 0 Å². The molecule has 0 radical (unpaired) electrons. The number of phenolic OH excluding ortho intramolecular Hbond substituents is 3. The third-order valence-electron chi connectivity index (χ3n) is 5.77. The van der Waals surface area contributed by atoms with Gasteiger partial charge in [-0.1, -0.05) is 60.7 Å². The molecule has 0 atom stereocenters. The van der Waals surface area contributed by atoms with E-state index in [4.69, 9.17) is 0 Å². The molecule has 0 amide bonds. The summed E-state index contributed by atoms with van der Waals surface area (Å²) in [5, 5.41) is 29.0. The second kappa shape index (κ2) is 7.96. The van der Waals surface area contributed by atoms with Crippen molar-refractivity contribution in [2.75, 3.05) is 0 Å². The van der Waals surface area contributed by atoms with Crippen molar-refractivity contribution in [1.82, 2.24) is 0 Å². The molecule has 0 aromatic heterocycles. The maximum atomic E-state index is 9.74. The summed E-state index contributed by atoms with van der Waals surface area (Å²) in [4.78, 5) is 0. The Morgan fingerprint density at radius 1 is 0.467 bits per heavy atom. The highest BCUT2D eigenvalue weighted by Crippen LogP contribution is 2.40. The van der Waals surface area contributed by atoms with Gasteiger partial charge in [-0.15, -0.1) is 0 Å². The van der Waals surface area contributed by atoms with Crippen molar-refractivity contribution in [3.05, 3.63) is 125 Å². The Morgan fingerprint density at radius 2 is 0.733 bits per heavy atom. The molecule has 4 aromatic carbocycles. The minimum absolute atomic E-state index is 0.232. The van der Waals surface area contributed by atoms with E-state index < -0.39 is 5.41 Å². The van der Waals surface area contributed by atoms with Crippen molar-refractivity contribution in [3.8, 4) is 17.2 Å². The molecule has 0 saturated carbocycles. The normalized spacial score (nSPS) is 11.4.